The van der Waals surface area contributed by atoms with E-state index in [0.29, 0.717) is 0 Å². The topological polar surface area (TPSA) is 23.5 Å². The van der Waals surface area contributed by atoms with Crippen LogP contribution in [-0.4, -0.2) is 52.0 Å². The highest BCUT2D eigenvalue weighted by Gasteiger charge is 2.47. The molecule has 3 nitrogen and oxygen atoms in total. The van der Waals surface area contributed by atoms with Gasteiger partial charge in [-0.05, 0) is 48.5 Å². The van der Waals surface area contributed by atoms with E-state index in [4.69, 9.17) is 0 Å². The first kappa shape index (κ1) is 19.1. The van der Waals surface area contributed by atoms with Crippen LogP contribution in [0.4, 0.5) is 0 Å². The largest absolute Gasteiger partial charge is 1.00 e. The van der Waals surface area contributed by atoms with Gasteiger partial charge in [-0.2, -0.15) is 5.06 Å². The lowest BCUT2D eigenvalue weighted by Gasteiger charge is -2.41. The maximum Gasteiger partial charge on any atom is 0.102 e. The first-order valence-electron chi connectivity index (χ1n) is 7.21. The average molecular weight is 335 g/mol. The van der Waals surface area contributed by atoms with Crippen LogP contribution in [0.25, 0.3) is 0 Å². The van der Waals surface area contributed by atoms with Crippen LogP contribution >= 0.6 is 0 Å². The molecule has 0 spiro atoms. The minimum Gasteiger partial charge on any atom is -1.00 e. The molecule has 1 N–H and O–H groups in total. The van der Waals surface area contributed by atoms with E-state index in [1.165, 1.54) is 10.6 Å². The molecule has 0 atom stereocenters. The zero-order valence-corrected chi connectivity index (χ0v) is 15.2. The van der Waals surface area contributed by atoms with E-state index in [0.717, 1.165) is 30.7 Å². The first-order valence-corrected chi connectivity index (χ1v) is 7.21. The van der Waals surface area contributed by atoms with E-state index < -0.39 is 0 Å². The van der Waals surface area contributed by atoms with Crippen LogP contribution in [0.2, 0.25) is 0 Å². The first-order chi connectivity index (χ1) is 8.15. The highest BCUT2D eigenvalue weighted by Crippen LogP contribution is 2.39. The van der Waals surface area contributed by atoms with Gasteiger partial charge in [0.05, 0.1) is 30.7 Å². The van der Waals surface area contributed by atoms with Crippen LogP contribution in [0, 0.1) is 0 Å². The number of rotatable bonds is 5. The van der Waals surface area contributed by atoms with Crippen molar-refractivity contribution in [1.82, 2.24) is 5.06 Å². The third-order valence-corrected chi connectivity index (χ3v) is 4.91. The van der Waals surface area contributed by atoms with Crippen molar-refractivity contribution in [3.63, 3.8) is 0 Å². The normalized spacial score (nSPS) is 22.0. The van der Waals surface area contributed by atoms with Crippen LogP contribution in [0.15, 0.2) is 11.6 Å². The molecular formula is C15H31BrN2O. The van der Waals surface area contributed by atoms with E-state index in [-0.39, 0.29) is 28.1 Å². The molecule has 0 radical (unpaired) electrons. The van der Waals surface area contributed by atoms with Crippen molar-refractivity contribution in [2.75, 3.05) is 26.2 Å². The molecule has 0 bridgehead atoms. The fourth-order valence-corrected chi connectivity index (χ4v) is 3.13. The third kappa shape index (κ3) is 3.41. The van der Waals surface area contributed by atoms with E-state index in [1.807, 2.05) is 0 Å². The molecule has 0 unspecified atom stereocenters. The van der Waals surface area contributed by atoms with E-state index in [1.54, 1.807) is 0 Å². The summed E-state index contributed by atoms with van der Waals surface area (Å²) in [5.74, 6) is 0. The lowest BCUT2D eigenvalue weighted by molar-refractivity contribution is -0.919. The standard InChI is InChI=1S/C15H31N2O.BrH/c1-8-17(9-2,10-3)12-13-11-14(4,5)16(18)15(13,6)7;/h11,18H,8-10,12H2,1-7H3;1H/q+1;/p-1. The summed E-state index contributed by atoms with van der Waals surface area (Å²) < 4.78 is 1.10. The summed E-state index contributed by atoms with van der Waals surface area (Å²) in [5, 5.41) is 11.8. The van der Waals surface area contributed by atoms with Crippen LogP contribution in [-0.2, 0) is 0 Å². The Labute approximate surface area is 129 Å². The monoisotopic (exact) mass is 334 g/mol. The van der Waals surface area contributed by atoms with Crippen molar-refractivity contribution in [2.24, 2.45) is 0 Å². The molecule has 4 heteroatoms. The van der Waals surface area contributed by atoms with Crippen molar-refractivity contribution in [3.8, 4) is 0 Å². The molecule has 0 aromatic heterocycles. The maximum absolute atomic E-state index is 10.3. The van der Waals surface area contributed by atoms with Crippen molar-refractivity contribution < 1.29 is 26.7 Å². The summed E-state index contributed by atoms with van der Waals surface area (Å²) in [6.07, 6.45) is 2.25. The molecule has 0 aromatic carbocycles. The second-order valence-corrected chi connectivity index (χ2v) is 6.64. The van der Waals surface area contributed by atoms with Gasteiger partial charge in [-0.1, -0.05) is 6.08 Å². The predicted octanol–water partition coefficient (Wildman–Crippen LogP) is 0.0553. The quantitative estimate of drug-likeness (QED) is 0.567. The van der Waals surface area contributed by atoms with Gasteiger partial charge < -0.3 is 26.7 Å². The molecule has 0 saturated carbocycles. The summed E-state index contributed by atoms with van der Waals surface area (Å²) in [4.78, 5) is 0. The SMILES string of the molecule is CC[N+](CC)(CC)CC1=CC(C)(C)N(O)C1(C)C.[Br-]. The van der Waals surface area contributed by atoms with Crippen LogP contribution < -0.4 is 17.0 Å². The summed E-state index contributed by atoms with van der Waals surface area (Å²) >= 11 is 0. The minimum absolute atomic E-state index is 0. The molecule has 1 aliphatic rings. The molecule has 0 saturated heterocycles. The van der Waals surface area contributed by atoms with Crippen molar-refractivity contribution in [1.29, 1.82) is 0 Å². The molecule has 0 aromatic rings. The number of hydrogen-bond donors (Lipinski definition) is 1. The Morgan fingerprint density at radius 3 is 1.74 bits per heavy atom. The molecule has 1 aliphatic heterocycles. The van der Waals surface area contributed by atoms with Gasteiger partial charge in [-0.3, -0.25) is 0 Å². The van der Waals surface area contributed by atoms with Gasteiger partial charge in [0.1, 0.15) is 6.54 Å². The smallest absolute Gasteiger partial charge is 0.102 e. The highest BCUT2D eigenvalue weighted by molar-refractivity contribution is 5.30. The van der Waals surface area contributed by atoms with Gasteiger partial charge >= 0.3 is 0 Å². The third-order valence-electron chi connectivity index (χ3n) is 4.91. The number of halogens is 1. The molecule has 114 valence electrons. The minimum atomic E-state index is -0.260. The van der Waals surface area contributed by atoms with Crippen molar-refractivity contribution >= 4 is 0 Å². The molecule has 1 heterocycles. The Kier molecular flexibility index (Phi) is 6.28. The van der Waals surface area contributed by atoms with Crippen molar-refractivity contribution in [3.05, 3.63) is 11.6 Å². The fourth-order valence-electron chi connectivity index (χ4n) is 3.13. The summed E-state index contributed by atoms with van der Waals surface area (Å²) in [6.45, 7) is 19.6. The number of hydroxylamine groups is 2. The molecule has 0 fully saturated rings. The highest BCUT2D eigenvalue weighted by atomic mass is 79.9. The summed E-state index contributed by atoms with van der Waals surface area (Å²) in [6, 6.07) is 0. The Morgan fingerprint density at radius 2 is 1.47 bits per heavy atom. The van der Waals surface area contributed by atoms with Gasteiger partial charge in [0.2, 0.25) is 0 Å². The lowest BCUT2D eigenvalue weighted by atomic mass is 9.95. The molecule has 1 rings (SSSR count). The number of nitrogens with zero attached hydrogens (tertiary/aromatic N) is 2. The van der Waals surface area contributed by atoms with E-state index in [2.05, 4.69) is 54.5 Å². The number of hydrogen-bond acceptors (Lipinski definition) is 2. The van der Waals surface area contributed by atoms with Crippen LogP contribution in [0.1, 0.15) is 48.5 Å². The Balaban J connectivity index is 0.00000324. The van der Waals surface area contributed by atoms with Gasteiger partial charge in [0, 0.05) is 5.57 Å². The maximum atomic E-state index is 10.3. The predicted molar refractivity (Wildman–Crippen MR) is 76.6 cm³/mol. The Hall–Kier alpha value is 0.100. The molecule has 0 aliphatic carbocycles. The molecular weight excluding hydrogens is 304 g/mol. The number of likely N-dealkylation sites (N-methyl/N-ethyl adjacent to an activating group) is 1. The molecule has 0 amide bonds. The zero-order valence-electron chi connectivity index (χ0n) is 13.6. The summed E-state index contributed by atoms with van der Waals surface area (Å²) in [5.41, 5.74) is 0.844. The molecule has 19 heavy (non-hydrogen) atoms. The van der Waals surface area contributed by atoms with Gasteiger partial charge in [0.25, 0.3) is 0 Å². The summed E-state index contributed by atoms with van der Waals surface area (Å²) in [7, 11) is 0. The Morgan fingerprint density at radius 1 is 1.05 bits per heavy atom. The average Bonchev–Trinajstić information content (AvgIpc) is 2.47. The lowest BCUT2D eigenvalue weighted by Crippen LogP contribution is -3.00. The second kappa shape index (κ2) is 6.25. The second-order valence-electron chi connectivity index (χ2n) is 6.64. The fraction of sp³-hybridized carbons (Fsp3) is 0.867. The van der Waals surface area contributed by atoms with Gasteiger partial charge in [-0.25, -0.2) is 0 Å². The van der Waals surface area contributed by atoms with Gasteiger partial charge in [0.15, 0.2) is 0 Å². The zero-order chi connectivity index (χ0) is 14.2. The van der Waals surface area contributed by atoms with Crippen molar-refractivity contribution in [2.45, 2.75) is 59.5 Å². The number of quaternary nitrogens is 1. The van der Waals surface area contributed by atoms with E-state index in [9.17, 15) is 5.21 Å². The van der Waals surface area contributed by atoms with Gasteiger partial charge in [-0.15, -0.1) is 0 Å². The van der Waals surface area contributed by atoms with Crippen LogP contribution in [0.5, 0.6) is 0 Å². The van der Waals surface area contributed by atoms with Crippen LogP contribution in [0.3, 0.4) is 0 Å². The Bertz CT molecular complexity index is 325. The van der Waals surface area contributed by atoms with E-state index >= 15 is 0 Å².